The molecule has 7 heteroatoms. The van der Waals surface area contributed by atoms with Gasteiger partial charge in [0.25, 0.3) is 0 Å². The molecule has 0 bridgehead atoms. The van der Waals surface area contributed by atoms with Gasteiger partial charge >= 0.3 is 0 Å². The maximum absolute atomic E-state index is 6.19. The normalized spacial score (nSPS) is 10.7. The molecule has 1 N–H and O–H groups in total. The molecule has 0 fully saturated rings. The fraction of sp³-hybridized carbons (Fsp3) is 0.400. The number of aromatic nitrogens is 2. The molecule has 1 heterocycles. The number of thioether (sulfide) groups is 1. The second-order valence-electron chi connectivity index (χ2n) is 4.66. The first kappa shape index (κ1) is 17.0. The molecule has 2 rings (SSSR count). The molecular weight excluding hydrogens is 322 g/mol. The zero-order valence-corrected chi connectivity index (χ0v) is 14.5. The van der Waals surface area contributed by atoms with E-state index in [-0.39, 0.29) is 0 Å². The van der Waals surface area contributed by atoms with Crippen LogP contribution in [0, 0.1) is 0 Å². The van der Waals surface area contributed by atoms with Gasteiger partial charge in [-0.25, -0.2) is 4.98 Å². The van der Waals surface area contributed by atoms with Gasteiger partial charge in [0, 0.05) is 38.3 Å². The number of halogens is 1. The van der Waals surface area contributed by atoms with Crippen LogP contribution in [-0.2, 0) is 13.6 Å². The Morgan fingerprint density at radius 1 is 1.32 bits per heavy atom. The number of aryl methyl sites for hydroxylation is 1. The number of benzene rings is 1. The summed E-state index contributed by atoms with van der Waals surface area (Å²) in [5.74, 6) is 2.17. The molecule has 0 spiro atoms. The summed E-state index contributed by atoms with van der Waals surface area (Å²) in [6.07, 6.45) is 3.75. The Morgan fingerprint density at radius 2 is 2.14 bits per heavy atom. The van der Waals surface area contributed by atoms with Crippen molar-refractivity contribution in [3.63, 3.8) is 0 Å². The van der Waals surface area contributed by atoms with E-state index in [9.17, 15) is 0 Å². The topological polar surface area (TPSA) is 48.3 Å². The predicted octanol–water partition coefficient (Wildman–Crippen LogP) is 2.97. The first-order valence-corrected chi connectivity index (χ1v) is 8.23. The molecule has 0 radical (unpaired) electrons. The van der Waals surface area contributed by atoms with E-state index in [0.29, 0.717) is 16.5 Å². The summed E-state index contributed by atoms with van der Waals surface area (Å²) >= 11 is 7.91. The smallest absolute Gasteiger partial charge is 0.179 e. The van der Waals surface area contributed by atoms with E-state index in [1.54, 1.807) is 32.2 Å². The van der Waals surface area contributed by atoms with Crippen LogP contribution in [0.4, 0.5) is 0 Å². The molecule has 0 saturated heterocycles. The lowest BCUT2D eigenvalue weighted by molar-refractivity contribution is 0.354. The van der Waals surface area contributed by atoms with E-state index in [4.69, 9.17) is 21.1 Å². The van der Waals surface area contributed by atoms with Crippen LogP contribution in [0.1, 0.15) is 5.56 Å². The molecule has 120 valence electrons. The van der Waals surface area contributed by atoms with Crippen molar-refractivity contribution in [3.8, 4) is 11.5 Å². The average Bonchev–Trinajstić information content (AvgIpc) is 2.91. The number of nitrogens with one attached hydrogen (secondary N) is 1. The van der Waals surface area contributed by atoms with Crippen LogP contribution in [0.25, 0.3) is 0 Å². The van der Waals surface area contributed by atoms with Gasteiger partial charge in [-0.3, -0.25) is 0 Å². The highest BCUT2D eigenvalue weighted by molar-refractivity contribution is 7.99. The minimum atomic E-state index is 0.557. The molecule has 0 atom stereocenters. The van der Waals surface area contributed by atoms with Crippen LogP contribution in [-0.4, -0.2) is 36.1 Å². The van der Waals surface area contributed by atoms with Crippen molar-refractivity contribution >= 4 is 23.4 Å². The number of hydrogen-bond donors (Lipinski definition) is 1. The molecule has 5 nitrogen and oxygen atoms in total. The third-order valence-corrected chi connectivity index (χ3v) is 4.45. The van der Waals surface area contributed by atoms with Crippen molar-refractivity contribution in [2.24, 2.45) is 7.05 Å². The minimum absolute atomic E-state index is 0.557. The van der Waals surface area contributed by atoms with Gasteiger partial charge < -0.3 is 19.4 Å². The van der Waals surface area contributed by atoms with E-state index in [0.717, 1.165) is 29.6 Å². The van der Waals surface area contributed by atoms with Crippen LogP contribution in [0.3, 0.4) is 0 Å². The summed E-state index contributed by atoms with van der Waals surface area (Å²) in [6.45, 7) is 1.60. The van der Waals surface area contributed by atoms with Gasteiger partial charge in [-0.1, -0.05) is 23.4 Å². The lowest BCUT2D eigenvalue weighted by atomic mass is 10.2. The summed E-state index contributed by atoms with van der Waals surface area (Å²) in [5, 5.41) is 4.97. The number of nitrogens with zero attached hydrogens (tertiary/aromatic N) is 2. The molecule has 0 saturated carbocycles. The van der Waals surface area contributed by atoms with Crippen molar-refractivity contribution in [2.75, 3.05) is 26.5 Å². The lowest BCUT2D eigenvalue weighted by Crippen LogP contribution is -2.16. The highest BCUT2D eigenvalue weighted by Crippen LogP contribution is 2.35. The first-order valence-electron chi connectivity index (χ1n) is 6.87. The molecule has 2 aromatic rings. The van der Waals surface area contributed by atoms with E-state index in [1.807, 2.05) is 29.9 Å². The standard InChI is InChI=1S/C15H20ClN3O2S/c1-19-6-4-18-15(19)22-7-5-17-10-11-8-12(16)14(21-3)13(9-11)20-2/h4,6,8-9,17H,5,7,10H2,1-3H3. The quantitative estimate of drug-likeness (QED) is 0.591. The summed E-state index contributed by atoms with van der Waals surface area (Å²) in [4.78, 5) is 4.28. The molecule has 1 aromatic heterocycles. The Balaban J connectivity index is 1.82. The summed E-state index contributed by atoms with van der Waals surface area (Å²) < 4.78 is 12.5. The SMILES string of the molecule is COc1cc(CNCCSc2nccn2C)cc(Cl)c1OC. The minimum Gasteiger partial charge on any atom is -0.493 e. The predicted molar refractivity (Wildman–Crippen MR) is 90.2 cm³/mol. The van der Waals surface area contributed by atoms with Crippen LogP contribution >= 0.6 is 23.4 Å². The van der Waals surface area contributed by atoms with Gasteiger partial charge in [-0.2, -0.15) is 0 Å². The zero-order valence-electron chi connectivity index (χ0n) is 12.9. The highest BCUT2D eigenvalue weighted by atomic mass is 35.5. The Kier molecular flexibility index (Phi) is 6.42. The van der Waals surface area contributed by atoms with Crippen molar-refractivity contribution in [2.45, 2.75) is 11.7 Å². The highest BCUT2D eigenvalue weighted by Gasteiger charge is 2.10. The van der Waals surface area contributed by atoms with Gasteiger partial charge in [0.2, 0.25) is 0 Å². The van der Waals surface area contributed by atoms with E-state index in [2.05, 4.69) is 10.3 Å². The molecule has 0 aliphatic heterocycles. The van der Waals surface area contributed by atoms with Gasteiger partial charge in [-0.05, 0) is 17.7 Å². The van der Waals surface area contributed by atoms with Gasteiger partial charge in [0.05, 0.1) is 19.2 Å². The van der Waals surface area contributed by atoms with E-state index >= 15 is 0 Å². The average molecular weight is 342 g/mol. The maximum atomic E-state index is 6.19. The lowest BCUT2D eigenvalue weighted by Gasteiger charge is -2.12. The van der Waals surface area contributed by atoms with Crippen LogP contribution in [0.2, 0.25) is 5.02 Å². The molecular formula is C15H20ClN3O2S. The van der Waals surface area contributed by atoms with Crippen molar-refractivity contribution in [1.82, 2.24) is 14.9 Å². The Hall–Kier alpha value is -1.37. The number of rotatable bonds is 8. The Bertz CT molecular complexity index is 619. The van der Waals surface area contributed by atoms with E-state index in [1.165, 1.54) is 0 Å². The largest absolute Gasteiger partial charge is 0.493 e. The van der Waals surface area contributed by atoms with Crippen LogP contribution < -0.4 is 14.8 Å². The first-order chi connectivity index (χ1) is 10.7. The Labute approximate surface area is 140 Å². The molecule has 0 aliphatic rings. The van der Waals surface area contributed by atoms with Crippen molar-refractivity contribution in [3.05, 3.63) is 35.1 Å². The van der Waals surface area contributed by atoms with Crippen molar-refractivity contribution < 1.29 is 9.47 Å². The Morgan fingerprint density at radius 3 is 2.77 bits per heavy atom. The van der Waals surface area contributed by atoms with E-state index < -0.39 is 0 Å². The fourth-order valence-corrected chi connectivity index (χ4v) is 3.15. The molecule has 0 amide bonds. The maximum Gasteiger partial charge on any atom is 0.179 e. The van der Waals surface area contributed by atoms with Crippen LogP contribution in [0.5, 0.6) is 11.5 Å². The van der Waals surface area contributed by atoms with Gasteiger partial charge in [0.15, 0.2) is 16.7 Å². The second kappa shape index (κ2) is 8.31. The molecule has 0 aliphatic carbocycles. The second-order valence-corrected chi connectivity index (χ2v) is 6.13. The summed E-state index contributed by atoms with van der Waals surface area (Å²) in [5.41, 5.74) is 1.06. The number of methoxy groups -OCH3 is 2. The zero-order chi connectivity index (χ0) is 15.9. The number of hydrogen-bond acceptors (Lipinski definition) is 5. The third kappa shape index (κ3) is 4.32. The summed E-state index contributed by atoms with van der Waals surface area (Å²) in [6, 6.07) is 3.82. The third-order valence-electron chi connectivity index (χ3n) is 3.11. The van der Waals surface area contributed by atoms with Crippen molar-refractivity contribution in [1.29, 1.82) is 0 Å². The molecule has 0 unspecified atom stereocenters. The molecule has 22 heavy (non-hydrogen) atoms. The van der Waals surface area contributed by atoms with Gasteiger partial charge in [0.1, 0.15) is 0 Å². The molecule has 1 aromatic carbocycles. The number of ether oxygens (including phenoxy) is 2. The monoisotopic (exact) mass is 341 g/mol. The van der Waals surface area contributed by atoms with Crippen LogP contribution in [0.15, 0.2) is 29.7 Å². The fourth-order valence-electron chi connectivity index (χ4n) is 2.01. The number of imidazole rings is 1. The summed E-state index contributed by atoms with van der Waals surface area (Å²) in [7, 11) is 5.18. The van der Waals surface area contributed by atoms with Gasteiger partial charge in [-0.15, -0.1) is 0 Å².